The largest absolute Gasteiger partial charge is 0.264 e. The predicted octanol–water partition coefficient (Wildman–Crippen LogP) is 5.25. The van der Waals surface area contributed by atoms with Gasteiger partial charge >= 0.3 is 0 Å². The van der Waals surface area contributed by atoms with Crippen molar-refractivity contribution < 1.29 is 8.42 Å². The second kappa shape index (κ2) is 8.00. The molecule has 1 aliphatic rings. The van der Waals surface area contributed by atoms with Gasteiger partial charge in [-0.25, -0.2) is 8.42 Å². The third-order valence-electron chi connectivity index (χ3n) is 5.96. The number of anilines is 1. The minimum Gasteiger partial charge on any atom is -0.256 e. The van der Waals surface area contributed by atoms with E-state index in [4.69, 9.17) is 0 Å². The average molecular weight is 440 g/mol. The number of benzene rings is 3. The van der Waals surface area contributed by atoms with Gasteiger partial charge in [0.15, 0.2) is 5.41 Å². The summed E-state index contributed by atoms with van der Waals surface area (Å²) >= 11 is 0. The molecule has 0 aromatic heterocycles. The third kappa shape index (κ3) is 3.09. The van der Waals surface area contributed by atoms with Crippen LogP contribution in [-0.2, 0) is 10.0 Å². The minimum atomic E-state index is -4.12. The van der Waals surface area contributed by atoms with Crippen molar-refractivity contribution in [1.82, 2.24) is 0 Å². The van der Waals surface area contributed by atoms with E-state index in [0.717, 1.165) is 5.56 Å². The summed E-state index contributed by atoms with van der Waals surface area (Å²) in [5.74, 6) is -0.677. The van der Waals surface area contributed by atoms with Gasteiger partial charge in [-0.05, 0) is 36.2 Å². The van der Waals surface area contributed by atoms with Crippen LogP contribution in [-0.4, -0.2) is 8.42 Å². The first-order valence-electron chi connectivity index (χ1n) is 10.1. The van der Waals surface area contributed by atoms with E-state index in [9.17, 15) is 18.9 Å². The summed E-state index contributed by atoms with van der Waals surface area (Å²) < 4.78 is 29.3. The highest BCUT2D eigenvalue weighted by atomic mass is 32.2. The SMILES string of the molecule is C=C[C@H]1c2ccccc2N(S(=O)(=O)c2ccc(C)cc2)[C@@H](c2ccccc2)C1(C#N)C#N. The lowest BCUT2D eigenvalue weighted by molar-refractivity contribution is 0.361. The molecule has 6 heteroatoms. The molecule has 3 aromatic rings. The highest BCUT2D eigenvalue weighted by molar-refractivity contribution is 7.92. The van der Waals surface area contributed by atoms with Crippen molar-refractivity contribution in [1.29, 1.82) is 10.5 Å². The normalized spacial score (nSPS) is 19.3. The lowest BCUT2D eigenvalue weighted by atomic mass is 9.64. The number of hydrogen-bond donors (Lipinski definition) is 0. The molecule has 0 radical (unpaired) electrons. The van der Waals surface area contributed by atoms with Crippen LogP contribution in [0, 0.1) is 35.0 Å². The molecule has 0 spiro atoms. The number of hydrogen-bond acceptors (Lipinski definition) is 4. The van der Waals surface area contributed by atoms with E-state index >= 15 is 0 Å². The van der Waals surface area contributed by atoms with E-state index in [-0.39, 0.29) is 4.90 Å². The van der Waals surface area contributed by atoms with Gasteiger partial charge in [-0.2, -0.15) is 10.5 Å². The first-order valence-corrected chi connectivity index (χ1v) is 11.5. The quantitative estimate of drug-likeness (QED) is 0.520. The molecule has 5 nitrogen and oxygen atoms in total. The zero-order valence-corrected chi connectivity index (χ0v) is 18.3. The van der Waals surface area contributed by atoms with Gasteiger partial charge in [-0.1, -0.05) is 72.3 Å². The van der Waals surface area contributed by atoms with Crippen LogP contribution in [0.3, 0.4) is 0 Å². The summed E-state index contributed by atoms with van der Waals surface area (Å²) in [6.07, 6.45) is 1.57. The van der Waals surface area contributed by atoms with E-state index in [1.807, 2.05) is 13.0 Å². The number of rotatable bonds is 4. The highest BCUT2D eigenvalue weighted by Gasteiger charge is 2.57. The number of sulfonamides is 1. The molecule has 4 rings (SSSR count). The summed E-state index contributed by atoms with van der Waals surface area (Å²) in [5, 5.41) is 20.7. The van der Waals surface area contributed by atoms with Crippen LogP contribution in [0.5, 0.6) is 0 Å². The van der Waals surface area contributed by atoms with Crippen LogP contribution in [0.2, 0.25) is 0 Å². The van der Waals surface area contributed by atoms with E-state index in [0.29, 0.717) is 16.8 Å². The van der Waals surface area contributed by atoms with Crippen molar-refractivity contribution >= 4 is 15.7 Å². The van der Waals surface area contributed by atoms with Crippen LogP contribution in [0.15, 0.2) is 96.4 Å². The maximum absolute atomic E-state index is 14.0. The fraction of sp³-hybridized carbons (Fsp3) is 0.154. The van der Waals surface area contributed by atoms with E-state index in [1.54, 1.807) is 78.9 Å². The molecule has 0 amide bonds. The van der Waals surface area contributed by atoms with Gasteiger partial charge in [-0.15, -0.1) is 6.58 Å². The van der Waals surface area contributed by atoms with Crippen molar-refractivity contribution in [3.63, 3.8) is 0 Å². The van der Waals surface area contributed by atoms with E-state index < -0.39 is 27.4 Å². The molecular formula is C26H21N3O2S. The second-order valence-electron chi connectivity index (χ2n) is 7.79. The van der Waals surface area contributed by atoms with Crippen LogP contribution in [0.4, 0.5) is 5.69 Å². The summed E-state index contributed by atoms with van der Waals surface area (Å²) in [6, 6.07) is 25.7. The molecule has 0 unspecified atom stereocenters. The molecule has 2 atom stereocenters. The summed E-state index contributed by atoms with van der Waals surface area (Å²) in [7, 11) is -4.12. The molecule has 3 aromatic carbocycles. The third-order valence-corrected chi connectivity index (χ3v) is 7.76. The molecule has 0 N–H and O–H groups in total. The van der Waals surface area contributed by atoms with Crippen molar-refractivity contribution in [2.24, 2.45) is 5.41 Å². The van der Waals surface area contributed by atoms with E-state index in [2.05, 4.69) is 18.7 Å². The fourth-order valence-electron chi connectivity index (χ4n) is 4.42. The maximum atomic E-state index is 14.0. The molecule has 0 bridgehead atoms. The Labute approximate surface area is 188 Å². The predicted molar refractivity (Wildman–Crippen MR) is 123 cm³/mol. The molecule has 0 saturated carbocycles. The molecule has 1 aliphatic heterocycles. The van der Waals surface area contributed by atoms with Gasteiger partial charge in [0.1, 0.15) is 6.04 Å². The molecule has 0 fully saturated rings. The zero-order valence-electron chi connectivity index (χ0n) is 17.5. The number of fused-ring (bicyclic) bond motifs is 1. The van der Waals surface area contributed by atoms with Gasteiger partial charge < -0.3 is 0 Å². The molecule has 0 saturated heterocycles. The number of nitriles is 2. The lowest BCUT2D eigenvalue weighted by Crippen LogP contribution is -2.49. The summed E-state index contributed by atoms with van der Waals surface area (Å²) in [5.41, 5.74) is 0.793. The Hall–Kier alpha value is -3.87. The van der Waals surface area contributed by atoms with Crippen molar-refractivity contribution in [3.8, 4) is 12.1 Å². The van der Waals surface area contributed by atoms with Gasteiger partial charge in [0.05, 0.1) is 22.7 Å². The Morgan fingerprint density at radius 1 is 0.938 bits per heavy atom. The zero-order chi connectivity index (χ0) is 22.9. The Kier molecular flexibility index (Phi) is 5.34. The topological polar surface area (TPSA) is 85.0 Å². The van der Waals surface area contributed by atoms with Crippen LogP contribution in [0.25, 0.3) is 0 Å². The maximum Gasteiger partial charge on any atom is 0.264 e. The van der Waals surface area contributed by atoms with Crippen LogP contribution in [0.1, 0.15) is 28.7 Å². The molecule has 158 valence electrons. The van der Waals surface area contributed by atoms with Gasteiger partial charge in [0.25, 0.3) is 10.0 Å². The number of allylic oxidation sites excluding steroid dienone is 1. The van der Waals surface area contributed by atoms with Crippen molar-refractivity contribution in [2.75, 3.05) is 4.31 Å². The fourth-order valence-corrected chi connectivity index (χ4v) is 6.11. The lowest BCUT2D eigenvalue weighted by Gasteiger charge is -2.47. The average Bonchev–Trinajstić information content (AvgIpc) is 2.83. The van der Waals surface area contributed by atoms with Gasteiger partial charge in [-0.3, -0.25) is 4.31 Å². The van der Waals surface area contributed by atoms with Gasteiger partial charge in [0.2, 0.25) is 0 Å². The minimum absolute atomic E-state index is 0.0978. The first-order chi connectivity index (χ1) is 15.4. The van der Waals surface area contributed by atoms with Crippen molar-refractivity contribution in [2.45, 2.75) is 23.8 Å². The highest BCUT2D eigenvalue weighted by Crippen LogP contribution is 2.57. The molecule has 0 aliphatic carbocycles. The summed E-state index contributed by atoms with van der Waals surface area (Å²) in [4.78, 5) is 0.0978. The Morgan fingerprint density at radius 3 is 2.12 bits per heavy atom. The molecule has 32 heavy (non-hydrogen) atoms. The Bertz CT molecular complexity index is 1340. The molecule has 1 heterocycles. The summed E-state index contributed by atoms with van der Waals surface area (Å²) in [6.45, 7) is 5.77. The number of aryl methyl sites for hydroxylation is 1. The number of para-hydroxylation sites is 1. The van der Waals surface area contributed by atoms with E-state index in [1.165, 1.54) is 4.31 Å². The number of nitrogens with zero attached hydrogens (tertiary/aromatic N) is 3. The monoisotopic (exact) mass is 439 g/mol. The Morgan fingerprint density at radius 2 is 1.53 bits per heavy atom. The smallest absolute Gasteiger partial charge is 0.256 e. The first kappa shape index (κ1) is 21.4. The van der Waals surface area contributed by atoms with Gasteiger partial charge in [0, 0.05) is 5.92 Å². The molecular weight excluding hydrogens is 418 g/mol. The van der Waals surface area contributed by atoms with Crippen LogP contribution >= 0.6 is 0 Å². The Balaban J connectivity index is 2.11. The van der Waals surface area contributed by atoms with Crippen molar-refractivity contribution in [3.05, 3.63) is 108 Å². The second-order valence-corrected chi connectivity index (χ2v) is 9.61. The van der Waals surface area contributed by atoms with Crippen LogP contribution < -0.4 is 4.31 Å². The standard InChI is InChI=1S/C26H21N3O2S/c1-3-23-22-11-7-8-12-24(22)29(32(30,31)21-15-13-19(2)14-16-21)25(26(23,17-27)18-28)20-9-5-4-6-10-20/h3-16,23,25H,1H2,2H3/t23-,25-/m0/s1.